The molecule has 23 heavy (non-hydrogen) atoms. The van der Waals surface area contributed by atoms with Crippen molar-refractivity contribution in [1.29, 1.82) is 0 Å². The van der Waals surface area contributed by atoms with Gasteiger partial charge in [0.25, 0.3) is 3.79 Å². The molecule has 8 heteroatoms. The topological polar surface area (TPSA) is 79.2 Å². The molecule has 0 radical (unpaired) electrons. The van der Waals surface area contributed by atoms with E-state index in [0.717, 1.165) is 0 Å². The third-order valence-electron chi connectivity index (χ3n) is 3.15. The quantitative estimate of drug-likeness (QED) is 0.608. The highest BCUT2D eigenvalue weighted by Crippen LogP contribution is 2.31. The van der Waals surface area contributed by atoms with Gasteiger partial charge in [-0.15, -0.1) is 0 Å². The molecule has 0 aliphatic carbocycles. The lowest BCUT2D eigenvalue weighted by molar-refractivity contribution is -0.255. The largest absolute Gasteiger partial charge is 0.545 e. The summed E-state index contributed by atoms with van der Waals surface area (Å²) in [6.07, 6.45) is 1.36. The van der Waals surface area contributed by atoms with Crippen LogP contribution in [0.5, 0.6) is 0 Å². The highest BCUT2D eigenvalue weighted by molar-refractivity contribution is 6.77. The number of hydrogen-bond acceptors (Lipinski definition) is 4. The Labute approximate surface area is 146 Å². The SMILES string of the molecule is Cn1cc(C(=O)c2ccccc2C(=O)[O-])cc1C(=O)C(Cl)(Cl)Cl. The minimum Gasteiger partial charge on any atom is -0.545 e. The average molecular weight is 374 g/mol. The highest BCUT2D eigenvalue weighted by atomic mass is 35.6. The molecule has 0 amide bonds. The van der Waals surface area contributed by atoms with Crippen LogP contribution in [-0.4, -0.2) is 25.9 Å². The zero-order valence-corrected chi connectivity index (χ0v) is 13.9. The average Bonchev–Trinajstić information content (AvgIpc) is 2.86. The maximum Gasteiger partial charge on any atom is 0.255 e. The summed E-state index contributed by atoms with van der Waals surface area (Å²) < 4.78 is -0.825. The van der Waals surface area contributed by atoms with Crippen LogP contribution in [0.15, 0.2) is 36.5 Å². The molecule has 2 rings (SSSR count). The lowest BCUT2D eigenvalue weighted by atomic mass is 10.00. The number of benzene rings is 1. The predicted octanol–water partition coefficient (Wildman–Crippen LogP) is 2.17. The Morgan fingerprint density at radius 1 is 1.09 bits per heavy atom. The summed E-state index contributed by atoms with van der Waals surface area (Å²) in [6, 6.07) is 6.87. The molecule has 5 nitrogen and oxygen atoms in total. The number of rotatable bonds is 4. The van der Waals surface area contributed by atoms with E-state index < -0.39 is 21.3 Å². The van der Waals surface area contributed by atoms with Gasteiger partial charge in [-0.2, -0.15) is 0 Å². The van der Waals surface area contributed by atoms with Crippen LogP contribution >= 0.6 is 34.8 Å². The van der Waals surface area contributed by atoms with Crippen LogP contribution in [0.25, 0.3) is 0 Å². The highest BCUT2D eigenvalue weighted by Gasteiger charge is 2.34. The van der Waals surface area contributed by atoms with E-state index in [2.05, 4.69) is 0 Å². The molecule has 0 unspecified atom stereocenters. The van der Waals surface area contributed by atoms with Crippen molar-refractivity contribution < 1.29 is 19.5 Å². The number of alkyl halides is 3. The van der Waals surface area contributed by atoms with Crippen LogP contribution in [0.3, 0.4) is 0 Å². The van der Waals surface area contributed by atoms with Crippen molar-refractivity contribution in [2.75, 3.05) is 0 Å². The third kappa shape index (κ3) is 3.58. The van der Waals surface area contributed by atoms with Crippen molar-refractivity contribution in [3.05, 3.63) is 58.9 Å². The summed E-state index contributed by atoms with van der Waals surface area (Å²) in [5, 5.41) is 11.1. The number of aromatic carboxylic acids is 1. The molecule has 0 bridgehead atoms. The van der Waals surface area contributed by atoms with E-state index in [1.807, 2.05) is 0 Å². The van der Waals surface area contributed by atoms with Crippen molar-refractivity contribution in [3.8, 4) is 0 Å². The monoisotopic (exact) mass is 372 g/mol. The Hall–Kier alpha value is -1.82. The summed E-state index contributed by atoms with van der Waals surface area (Å²) >= 11 is 16.7. The second-order valence-corrected chi connectivity index (χ2v) is 7.00. The van der Waals surface area contributed by atoms with E-state index in [4.69, 9.17) is 34.8 Å². The van der Waals surface area contributed by atoms with E-state index >= 15 is 0 Å². The smallest absolute Gasteiger partial charge is 0.255 e. The summed E-state index contributed by atoms with van der Waals surface area (Å²) in [5.41, 5.74) is -0.181. The van der Waals surface area contributed by atoms with Crippen LogP contribution in [-0.2, 0) is 7.05 Å². The van der Waals surface area contributed by atoms with Crippen LogP contribution in [0.4, 0.5) is 0 Å². The van der Waals surface area contributed by atoms with Gasteiger partial charge in [-0.3, -0.25) is 9.59 Å². The summed E-state index contributed by atoms with van der Waals surface area (Å²) in [4.78, 5) is 35.6. The first-order valence-corrected chi connectivity index (χ1v) is 7.39. The predicted molar refractivity (Wildman–Crippen MR) is 84.2 cm³/mol. The number of carboxylic acid groups (broad SMARTS) is 1. The van der Waals surface area contributed by atoms with Crippen molar-refractivity contribution in [1.82, 2.24) is 4.57 Å². The summed E-state index contributed by atoms with van der Waals surface area (Å²) in [7, 11) is 1.51. The molecule has 0 fully saturated rings. The zero-order chi connectivity index (χ0) is 17.4. The molecular formula is C15H9Cl3NO4-. The minimum atomic E-state index is -2.16. The van der Waals surface area contributed by atoms with Gasteiger partial charge in [0.15, 0.2) is 5.78 Å². The molecule has 1 aromatic carbocycles. The number of halogens is 3. The molecule has 1 heterocycles. The number of carboxylic acids is 1. The van der Waals surface area contributed by atoms with Gasteiger partial charge < -0.3 is 14.5 Å². The van der Waals surface area contributed by atoms with Gasteiger partial charge in [-0.25, -0.2) is 0 Å². The number of aromatic nitrogens is 1. The first kappa shape index (κ1) is 17.5. The Kier molecular flexibility index (Phi) is 4.84. The second kappa shape index (κ2) is 6.35. The number of ketones is 2. The maximum atomic E-state index is 12.5. The van der Waals surface area contributed by atoms with Crippen molar-refractivity contribution >= 4 is 52.3 Å². The van der Waals surface area contributed by atoms with Gasteiger partial charge in [-0.05, 0) is 6.07 Å². The third-order valence-corrected chi connectivity index (χ3v) is 3.66. The van der Waals surface area contributed by atoms with Gasteiger partial charge in [-0.1, -0.05) is 59.1 Å². The van der Waals surface area contributed by atoms with E-state index in [1.165, 1.54) is 48.1 Å². The van der Waals surface area contributed by atoms with Crippen molar-refractivity contribution in [3.63, 3.8) is 0 Å². The lowest BCUT2D eigenvalue weighted by Crippen LogP contribution is -2.25. The fourth-order valence-corrected chi connectivity index (χ4v) is 2.36. The molecule has 0 aliphatic heterocycles. The number of carbonyl (C=O) groups excluding carboxylic acids is 3. The van der Waals surface area contributed by atoms with Gasteiger partial charge in [0, 0.05) is 29.9 Å². The minimum absolute atomic E-state index is 0.0132. The van der Waals surface area contributed by atoms with Crippen LogP contribution in [0, 0.1) is 0 Å². The summed E-state index contributed by atoms with van der Waals surface area (Å²) in [6.45, 7) is 0. The number of aryl methyl sites for hydroxylation is 1. The molecule has 1 aromatic heterocycles. The first-order valence-electron chi connectivity index (χ1n) is 6.26. The van der Waals surface area contributed by atoms with Gasteiger partial charge in [0.1, 0.15) is 0 Å². The second-order valence-electron chi connectivity index (χ2n) is 4.71. The number of hydrogen-bond donors (Lipinski definition) is 0. The van der Waals surface area contributed by atoms with Crippen LogP contribution in [0.2, 0.25) is 0 Å². The molecule has 0 saturated heterocycles. The van der Waals surface area contributed by atoms with E-state index in [-0.39, 0.29) is 22.4 Å². The molecule has 0 spiro atoms. The maximum absolute atomic E-state index is 12.5. The van der Waals surface area contributed by atoms with Crippen LogP contribution in [0.1, 0.15) is 36.8 Å². The van der Waals surface area contributed by atoms with Crippen molar-refractivity contribution in [2.45, 2.75) is 3.79 Å². The van der Waals surface area contributed by atoms with Crippen molar-refractivity contribution in [2.24, 2.45) is 7.05 Å². The number of carbonyl (C=O) groups is 3. The van der Waals surface area contributed by atoms with E-state index in [9.17, 15) is 19.5 Å². The van der Waals surface area contributed by atoms with Gasteiger partial charge >= 0.3 is 0 Å². The zero-order valence-electron chi connectivity index (χ0n) is 11.7. The molecule has 0 atom stereocenters. The first-order chi connectivity index (χ1) is 10.6. The van der Waals surface area contributed by atoms with Gasteiger partial charge in [0.2, 0.25) is 5.78 Å². The summed E-state index contributed by atoms with van der Waals surface area (Å²) in [5.74, 6) is -2.84. The molecule has 0 saturated carbocycles. The Morgan fingerprint density at radius 2 is 1.65 bits per heavy atom. The van der Waals surface area contributed by atoms with E-state index in [1.54, 1.807) is 0 Å². The Morgan fingerprint density at radius 3 is 2.17 bits per heavy atom. The number of nitrogens with zero attached hydrogens (tertiary/aromatic N) is 1. The van der Waals surface area contributed by atoms with E-state index in [0.29, 0.717) is 0 Å². The molecular weight excluding hydrogens is 365 g/mol. The number of Topliss-reactive ketones (excluding diaryl/α,β-unsaturated/α-hetero) is 1. The Bertz CT molecular complexity index is 805. The molecule has 2 aromatic rings. The lowest BCUT2D eigenvalue weighted by Gasteiger charge is -2.09. The fourth-order valence-electron chi connectivity index (χ4n) is 2.07. The Balaban J connectivity index is 2.47. The normalized spacial score (nSPS) is 11.3. The standard InChI is InChI=1S/C15H10Cl3NO4/c1-19-7-8(6-11(19)13(21)15(16,17)18)12(20)9-4-2-3-5-10(9)14(22)23/h2-7H,1H3,(H,22,23)/p-1. The van der Waals surface area contributed by atoms with Crippen LogP contribution < -0.4 is 5.11 Å². The molecule has 0 N–H and O–H groups in total. The fraction of sp³-hybridized carbons (Fsp3) is 0.133. The van der Waals surface area contributed by atoms with Gasteiger partial charge in [0.05, 0.1) is 11.7 Å². The molecule has 0 aliphatic rings. The molecule has 120 valence electrons.